The molecule has 7 heavy (non-hydrogen) atoms. The smallest absolute Gasteiger partial charge is 0.151 e. The molecule has 0 rings (SSSR count). The molecule has 0 saturated carbocycles. The van der Waals surface area contributed by atoms with E-state index < -0.39 is 4.18 Å². The van der Waals surface area contributed by atoms with E-state index in [1.807, 2.05) is 0 Å². The lowest BCUT2D eigenvalue weighted by atomic mass is 10.4. The van der Waals surface area contributed by atoms with Gasteiger partial charge >= 0.3 is 0 Å². The van der Waals surface area contributed by atoms with Gasteiger partial charge in [-0.1, -0.05) is 22.6 Å². The van der Waals surface area contributed by atoms with E-state index >= 15 is 0 Å². The van der Waals surface area contributed by atoms with Crippen molar-refractivity contribution < 1.29 is 4.39 Å². The molecule has 0 aliphatic carbocycles. The largest absolute Gasteiger partial charge is 0.236 e. The lowest BCUT2D eigenvalue weighted by Crippen LogP contribution is -1.85. The predicted octanol–water partition coefficient (Wildman–Crippen LogP) is 2.93. The summed E-state index contributed by atoms with van der Waals surface area (Å²) in [6, 6.07) is 0. The molecule has 0 aliphatic rings. The first-order valence-electron chi connectivity index (χ1n) is 2.11. The molecule has 0 aromatic rings. The Bertz CT molecular complexity index is 38.7. The highest BCUT2D eigenvalue weighted by Crippen LogP contribution is 2.09. The maximum Gasteiger partial charge on any atom is 0.151 e. The molecule has 0 radical (unpaired) electrons. The van der Waals surface area contributed by atoms with Crippen LogP contribution in [0.2, 0.25) is 0 Å². The van der Waals surface area contributed by atoms with E-state index in [-0.39, 0.29) is 0 Å². The van der Waals surface area contributed by atoms with Crippen molar-refractivity contribution in [2.45, 2.75) is 17.0 Å². The lowest BCUT2D eigenvalue weighted by molar-refractivity contribution is 0.448. The molecule has 0 aromatic heterocycles. The maximum atomic E-state index is 11.9. The van der Waals surface area contributed by atoms with Crippen LogP contribution in [0, 0.1) is 0 Å². The summed E-state index contributed by atoms with van der Waals surface area (Å²) in [6.07, 6.45) is 1.72. The van der Waals surface area contributed by atoms with Crippen LogP contribution in [0.4, 0.5) is 4.39 Å². The molecule has 0 heterocycles. The Morgan fingerprint density at radius 2 is 2.14 bits per heavy atom. The molecule has 0 N–H and O–H groups in total. The van der Waals surface area contributed by atoms with Gasteiger partial charge in [0.1, 0.15) is 0 Å². The molecule has 44 valence electrons. The second kappa shape index (κ2) is 5.53. The minimum Gasteiger partial charge on any atom is -0.236 e. The van der Waals surface area contributed by atoms with E-state index in [1.165, 1.54) is 0 Å². The van der Waals surface area contributed by atoms with E-state index in [0.29, 0.717) is 6.42 Å². The number of hydrogen-bond donors (Lipinski definition) is 0. The molecule has 0 fully saturated rings. The first-order chi connectivity index (χ1) is 3.27. The zero-order chi connectivity index (χ0) is 5.70. The van der Waals surface area contributed by atoms with Gasteiger partial charge in [-0.3, -0.25) is 0 Å². The summed E-state index contributed by atoms with van der Waals surface area (Å²) >= 11 is 4.05. The molecule has 0 aromatic carbocycles. The second-order valence-electron chi connectivity index (χ2n) is 1.22. The molecule has 0 nitrogen and oxygen atoms in total. The highest BCUT2D eigenvalue weighted by molar-refractivity contribution is 14.1. The summed E-state index contributed by atoms with van der Waals surface area (Å²) in [6.45, 7) is 0. The second-order valence-corrected chi connectivity index (χ2v) is 3.65. The quantitative estimate of drug-likeness (QED) is 0.552. The van der Waals surface area contributed by atoms with Gasteiger partial charge in [0.15, 0.2) is 4.18 Å². The zero-order valence-electron chi connectivity index (χ0n) is 3.83. The average molecular weight is 328 g/mol. The van der Waals surface area contributed by atoms with Crippen LogP contribution in [-0.2, 0) is 0 Å². The van der Waals surface area contributed by atoms with Crippen molar-refractivity contribution >= 4 is 45.2 Å². The summed E-state index contributed by atoms with van der Waals surface area (Å²) in [5.74, 6) is 0. The van der Waals surface area contributed by atoms with Gasteiger partial charge in [-0.25, -0.2) is 4.39 Å². The fourth-order valence-corrected chi connectivity index (χ4v) is 1.11. The maximum absolute atomic E-state index is 11.9. The van der Waals surface area contributed by atoms with Crippen molar-refractivity contribution in [2.24, 2.45) is 0 Å². The molecule has 0 amide bonds. The number of rotatable bonds is 3. The first kappa shape index (κ1) is 8.39. The molecule has 0 bridgehead atoms. The molecule has 0 spiro atoms. The molecule has 0 saturated heterocycles. The van der Waals surface area contributed by atoms with Crippen molar-refractivity contribution in [1.82, 2.24) is 0 Å². The van der Waals surface area contributed by atoms with Gasteiger partial charge < -0.3 is 0 Å². The fraction of sp³-hybridized carbons (Fsp3) is 1.00. The fourth-order valence-electron chi connectivity index (χ4n) is 0.231. The molecule has 3 heteroatoms. The van der Waals surface area contributed by atoms with Gasteiger partial charge in [0.25, 0.3) is 0 Å². The van der Waals surface area contributed by atoms with Crippen LogP contribution < -0.4 is 0 Å². The van der Waals surface area contributed by atoms with Crippen molar-refractivity contribution in [1.29, 1.82) is 0 Å². The van der Waals surface area contributed by atoms with Crippen molar-refractivity contribution in [3.8, 4) is 0 Å². The van der Waals surface area contributed by atoms with Gasteiger partial charge in [-0.2, -0.15) is 0 Å². The molecular formula is C4H7FI2. The summed E-state index contributed by atoms with van der Waals surface area (Å²) in [5, 5.41) is 0. The third-order valence-corrected chi connectivity index (χ3v) is 1.94. The minimum atomic E-state index is -0.632. The highest BCUT2D eigenvalue weighted by Gasteiger charge is 1.95. The summed E-state index contributed by atoms with van der Waals surface area (Å²) in [4.78, 5) is 0. The molecule has 1 unspecified atom stereocenters. The predicted molar refractivity (Wildman–Crippen MR) is 47.0 cm³/mol. The van der Waals surface area contributed by atoms with Gasteiger partial charge in [0, 0.05) is 0 Å². The summed E-state index contributed by atoms with van der Waals surface area (Å²) < 4.78 is 12.3. The Morgan fingerprint density at radius 1 is 1.57 bits per heavy atom. The average Bonchev–Trinajstić information content (AvgIpc) is 1.61. The van der Waals surface area contributed by atoms with Crippen LogP contribution in [0.1, 0.15) is 12.8 Å². The SMILES string of the molecule is FC(I)CCCI. The third-order valence-electron chi connectivity index (χ3n) is 0.556. The molecule has 0 aliphatic heterocycles. The Morgan fingerprint density at radius 3 is 2.29 bits per heavy atom. The van der Waals surface area contributed by atoms with E-state index in [0.717, 1.165) is 10.8 Å². The van der Waals surface area contributed by atoms with Gasteiger partial charge in [0.05, 0.1) is 0 Å². The van der Waals surface area contributed by atoms with Crippen LogP contribution in [0.15, 0.2) is 0 Å². The van der Waals surface area contributed by atoms with Crippen molar-refractivity contribution in [2.75, 3.05) is 4.43 Å². The Labute approximate surface area is 70.5 Å². The molecule has 1 atom stereocenters. The topological polar surface area (TPSA) is 0 Å². The number of hydrogen-bond acceptors (Lipinski definition) is 0. The van der Waals surface area contributed by atoms with Crippen LogP contribution >= 0.6 is 45.2 Å². The van der Waals surface area contributed by atoms with Crippen molar-refractivity contribution in [3.63, 3.8) is 0 Å². The monoisotopic (exact) mass is 328 g/mol. The van der Waals surface area contributed by atoms with Gasteiger partial charge in [0.2, 0.25) is 0 Å². The minimum absolute atomic E-state index is 0.632. The van der Waals surface area contributed by atoms with Gasteiger partial charge in [-0.15, -0.1) is 0 Å². The standard InChI is InChI=1S/C4H7FI2/c5-4(7)2-1-3-6/h4H,1-3H2. The Kier molecular flexibility index (Phi) is 6.62. The van der Waals surface area contributed by atoms with Crippen LogP contribution in [-0.4, -0.2) is 8.61 Å². The molecular weight excluding hydrogens is 321 g/mol. The van der Waals surface area contributed by atoms with E-state index in [1.54, 1.807) is 22.6 Å². The Hall–Kier alpha value is 1.39. The summed E-state index contributed by atoms with van der Waals surface area (Å²) in [7, 11) is 0. The first-order valence-corrected chi connectivity index (χ1v) is 4.88. The van der Waals surface area contributed by atoms with Crippen LogP contribution in [0.25, 0.3) is 0 Å². The number of halogens is 3. The van der Waals surface area contributed by atoms with E-state index in [2.05, 4.69) is 22.6 Å². The van der Waals surface area contributed by atoms with Crippen LogP contribution in [0.5, 0.6) is 0 Å². The van der Waals surface area contributed by atoms with Crippen LogP contribution in [0.3, 0.4) is 0 Å². The zero-order valence-corrected chi connectivity index (χ0v) is 8.15. The van der Waals surface area contributed by atoms with E-state index in [9.17, 15) is 4.39 Å². The third kappa shape index (κ3) is 7.39. The van der Waals surface area contributed by atoms with Gasteiger partial charge in [-0.05, 0) is 39.9 Å². The van der Waals surface area contributed by atoms with E-state index in [4.69, 9.17) is 0 Å². The normalized spacial score (nSPS) is 14.1. The highest BCUT2D eigenvalue weighted by atomic mass is 127. The number of alkyl halides is 3. The summed E-state index contributed by atoms with van der Waals surface area (Å²) in [5.41, 5.74) is 0. The van der Waals surface area contributed by atoms with Crippen molar-refractivity contribution in [3.05, 3.63) is 0 Å². The Balaban J connectivity index is 2.68. The lowest BCUT2D eigenvalue weighted by Gasteiger charge is -1.92.